The van der Waals surface area contributed by atoms with Gasteiger partial charge < -0.3 is 20.1 Å². The number of nitrogens with zero attached hydrogens (tertiary/aromatic N) is 1. The summed E-state index contributed by atoms with van der Waals surface area (Å²) in [6.45, 7) is 11.8. The third-order valence-electron chi connectivity index (χ3n) is 3.79. The van der Waals surface area contributed by atoms with Crippen molar-refractivity contribution in [1.82, 2.24) is 15.5 Å². The topological polar surface area (TPSA) is 62.8 Å². The van der Waals surface area contributed by atoms with Gasteiger partial charge in [-0.25, -0.2) is 4.79 Å². The molecule has 1 aliphatic carbocycles. The van der Waals surface area contributed by atoms with Crippen molar-refractivity contribution in [3.05, 3.63) is 0 Å². The molecule has 1 amide bonds. The summed E-state index contributed by atoms with van der Waals surface area (Å²) in [7, 11) is 0. The Labute approximate surface area is 127 Å². The van der Waals surface area contributed by atoms with Crippen LogP contribution in [0.1, 0.15) is 33.6 Å². The summed E-state index contributed by atoms with van der Waals surface area (Å²) in [4.78, 5) is 14.0. The lowest BCUT2D eigenvalue weighted by Gasteiger charge is -2.36. The minimum atomic E-state index is -0.437. The van der Waals surface area contributed by atoms with Crippen LogP contribution in [0, 0.1) is 0 Å². The normalized spacial score (nSPS) is 27.0. The molecule has 1 aliphatic heterocycles. The summed E-state index contributed by atoms with van der Waals surface area (Å²) >= 11 is 0. The molecule has 6 heteroatoms. The van der Waals surface area contributed by atoms with Crippen LogP contribution in [0.3, 0.4) is 0 Å². The van der Waals surface area contributed by atoms with Crippen LogP contribution in [-0.2, 0) is 9.47 Å². The summed E-state index contributed by atoms with van der Waals surface area (Å²) < 4.78 is 11.1. The van der Waals surface area contributed by atoms with E-state index in [9.17, 15) is 4.79 Å². The second-order valence-electron chi connectivity index (χ2n) is 6.90. The smallest absolute Gasteiger partial charge is 0.407 e. The SMILES string of the molecule is CC(C)(C)OC(=O)NC1CC(OCCN2CCNCC2)C1. The van der Waals surface area contributed by atoms with Crippen molar-refractivity contribution in [2.75, 3.05) is 39.3 Å². The van der Waals surface area contributed by atoms with Gasteiger partial charge in [-0.2, -0.15) is 0 Å². The van der Waals surface area contributed by atoms with Crippen LogP contribution in [0.15, 0.2) is 0 Å². The Hall–Kier alpha value is -0.850. The molecule has 122 valence electrons. The van der Waals surface area contributed by atoms with Gasteiger partial charge in [-0.1, -0.05) is 0 Å². The zero-order chi connectivity index (χ0) is 15.3. The molecule has 0 bridgehead atoms. The molecule has 0 radical (unpaired) electrons. The molecular formula is C15H29N3O3. The molecule has 0 aromatic heterocycles. The van der Waals surface area contributed by atoms with E-state index in [1.54, 1.807) is 0 Å². The maximum Gasteiger partial charge on any atom is 0.407 e. The number of carbonyl (C=O) groups is 1. The fourth-order valence-electron chi connectivity index (χ4n) is 2.58. The van der Waals surface area contributed by atoms with Crippen molar-refractivity contribution in [3.8, 4) is 0 Å². The van der Waals surface area contributed by atoms with E-state index in [0.717, 1.165) is 52.2 Å². The molecule has 6 nitrogen and oxygen atoms in total. The second-order valence-corrected chi connectivity index (χ2v) is 6.90. The highest BCUT2D eigenvalue weighted by atomic mass is 16.6. The minimum Gasteiger partial charge on any atom is -0.444 e. The zero-order valence-electron chi connectivity index (χ0n) is 13.5. The van der Waals surface area contributed by atoms with Crippen molar-refractivity contribution < 1.29 is 14.3 Å². The summed E-state index contributed by atoms with van der Waals surface area (Å²) in [5.41, 5.74) is -0.437. The quantitative estimate of drug-likeness (QED) is 0.792. The average Bonchev–Trinajstić information content (AvgIpc) is 2.34. The molecule has 0 aromatic carbocycles. The van der Waals surface area contributed by atoms with Crippen LogP contribution in [0.5, 0.6) is 0 Å². The van der Waals surface area contributed by atoms with E-state index in [0.29, 0.717) is 0 Å². The van der Waals surface area contributed by atoms with Gasteiger partial charge in [-0.3, -0.25) is 4.90 Å². The Morgan fingerprint density at radius 2 is 1.95 bits per heavy atom. The van der Waals surface area contributed by atoms with E-state index in [4.69, 9.17) is 9.47 Å². The third-order valence-corrected chi connectivity index (χ3v) is 3.79. The number of ether oxygens (including phenoxy) is 2. The molecule has 1 heterocycles. The van der Waals surface area contributed by atoms with Gasteiger partial charge in [-0.15, -0.1) is 0 Å². The van der Waals surface area contributed by atoms with E-state index >= 15 is 0 Å². The molecule has 0 unspecified atom stereocenters. The lowest BCUT2D eigenvalue weighted by molar-refractivity contribution is -0.0274. The monoisotopic (exact) mass is 299 g/mol. The van der Waals surface area contributed by atoms with Gasteiger partial charge in [0.15, 0.2) is 0 Å². The highest BCUT2D eigenvalue weighted by Gasteiger charge is 2.32. The van der Waals surface area contributed by atoms with Crippen LogP contribution in [0.4, 0.5) is 4.79 Å². The second kappa shape index (κ2) is 7.42. The van der Waals surface area contributed by atoms with Gasteiger partial charge >= 0.3 is 6.09 Å². The number of nitrogens with one attached hydrogen (secondary N) is 2. The van der Waals surface area contributed by atoms with Crippen LogP contribution in [-0.4, -0.2) is 68.1 Å². The van der Waals surface area contributed by atoms with E-state index in [-0.39, 0.29) is 18.2 Å². The molecule has 21 heavy (non-hydrogen) atoms. The first-order chi connectivity index (χ1) is 9.92. The molecule has 0 atom stereocenters. The van der Waals surface area contributed by atoms with Crippen molar-refractivity contribution in [3.63, 3.8) is 0 Å². The summed E-state index contributed by atoms with van der Waals surface area (Å²) in [5.74, 6) is 0. The number of alkyl carbamates (subject to hydrolysis) is 1. The Bertz CT molecular complexity index is 332. The Morgan fingerprint density at radius 3 is 2.57 bits per heavy atom. The fraction of sp³-hybridized carbons (Fsp3) is 0.933. The third kappa shape index (κ3) is 6.20. The molecule has 1 saturated heterocycles. The lowest BCUT2D eigenvalue weighted by Crippen LogP contribution is -2.50. The standard InChI is InChI=1S/C15H29N3O3/c1-15(2,3)21-14(19)17-12-10-13(11-12)20-9-8-18-6-4-16-5-7-18/h12-13,16H,4-11H2,1-3H3,(H,17,19). The number of hydrogen-bond donors (Lipinski definition) is 2. The first kappa shape index (κ1) is 16.5. The van der Waals surface area contributed by atoms with Crippen LogP contribution in [0.2, 0.25) is 0 Å². The maximum absolute atomic E-state index is 11.6. The van der Waals surface area contributed by atoms with Crippen LogP contribution in [0.25, 0.3) is 0 Å². The Morgan fingerprint density at radius 1 is 1.29 bits per heavy atom. The van der Waals surface area contributed by atoms with Gasteiger partial charge in [0.1, 0.15) is 5.60 Å². The fourth-order valence-corrected chi connectivity index (χ4v) is 2.58. The number of amides is 1. The molecule has 0 spiro atoms. The van der Waals surface area contributed by atoms with E-state index in [2.05, 4.69) is 15.5 Å². The predicted molar refractivity (Wildman–Crippen MR) is 81.4 cm³/mol. The number of carbonyl (C=O) groups excluding carboxylic acids is 1. The molecule has 2 aliphatic rings. The zero-order valence-corrected chi connectivity index (χ0v) is 13.5. The van der Waals surface area contributed by atoms with E-state index in [1.165, 1.54) is 0 Å². The average molecular weight is 299 g/mol. The number of hydrogen-bond acceptors (Lipinski definition) is 5. The van der Waals surface area contributed by atoms with Gasteiger partial charge in [0.05, 0.1) is 12.7 Å². The molecular weight excluding hydrogens is 270 g/mol. The summed E-state index contributed by atoms with van der Waals surface area (Å²) in [6.07, 6.45) is 1.74. The summed E-state index contributed by atoms with van der Waals surface area (Å²) in [5, 5.41) is 6.22. The van der Waals surface area contributed by atoms with Gasteiger partial charge in [-0.05, 0) is 33.6 Å². The first-order valence-electron chi connectivity index (χ1n) is 7.96. The number of rotatable bonds is 5. The van der Waals surface area contributed by atoms with Gasteiger partial charge in [0.25, 0.3) is 0 Å². The highest BCUT2D eigenvalue weighted by Crippen LogP contribution is 2.23. The van der Waals surface area contributed by atoms with Crippen LogP contribution >= 0.6 is 0 Å². The van der Waals surface area contributed by atoms with E-state index < -0.39 is 5.60 Å². The molecule has 1 saturated carbocycles. The predicted octanol–water partition coefficient (Wildman–Crippen LogP) is 0.964. The molecule has 2 fully saturated rings. The first-order valence-corrected chi connectivity index (χ1v) is 7.96. The minimum absolute atomic E-state index is 0.198. The van der Waals surface area contributed by atoms with Gasteiger partial charge in [0.2, 0.25) is 0 Å². The Kier molecular flexibility index (Phi) is 5.84. The van der Waals surface area contributed by atoms with Crippen molar-refractivity contribution in [2.45, 2.75) is 51.4 Å². The Balaban J connectivity index is 1.50. The van der Waals surface area contributed by atoms with Crippen molar-refractivity contribution in [2.24, 2.45) is 0 Å². The van der Waals surface area contributed by atoms with E-state index in [1.807, 2.05) is 20.8 Å². The highest BCUT2D eigenvalue weighted by molar-refractivity contribution is 5.68. The van der Waals surface area contributed by atoms with Crippen molar-refractivity contribution in [1.29, 1.82) is 0 Å². The molecule has 2 rings (SSSR count). The van der Waals surface area contributed by atoms with Crippen LogP contribution < -0.4 is 10.6 Å². The van der Waals surface area contributed by atoms with Crippen molar-refractivity contribution >= 4 is 6.09 Å². The molecule has 2 N–H and O–H groups in total. The van der Waals surface area contributed by atoms with Gasteiger partial charge in [0, 0.05) is 38.8 Å². The lowest BCUT2D eigenvalue weighted by atomic mass is 9.89. The largest absolute Gasteiger partial charge is 0.444 e. The summed E-state index contributed by atoms with van der Waals surface area (Å²) in [6, 6.07) is 0.198. The molecule has 0 aromatic rings. The number of piperazine rings is 1. The maximum atomic E-state index is 11.6.